The third-order valence-corrected chi connectivity index (χ3v) is 4.73. The molecule has 0 atom stereocenters. The fourth-order valence-corrected chi connectivity index (χ4v) is 3.10. The van der Waals surface area contributed by atoms with Crippen molar-refractivity contribution in [3.05, 3.63) is 108 Å². The molecule has 6 heteroatoms. The topological polar surface area (TPSA) is 55.6 Å². The van der Waals surface area contributed by atoms with E-state index in [4.69, 9.17) is 4.74 Å². The first-order valence-electron chi connectivity index (χ1n) is 10.0. The predicted molar refractivity (Wildman–Crippen MR) is 118 cm³/mol. The van der Waals surface area contributed by atoms with Gasteiger partial charge in [-0.15, -0.1) is 0 Å². The largest absolute Gasteiger partial charge is 0.487 e. The van der Waals surface area contributed by atoms with Gasteiger partial charge in [0.1, 0.15) is 23.8 Å². The molecule has 0 radical (unpaired) electrons. The Kier molecular flexibility index (Phi) is 6.38. The lowest BCUT2D eigenvalue weighted by molar-refractivity contribution is -0.116. The first kappa shape index (κ1) is 20.3. The summed E-state index contributed by atoms with van der Waals surface area (Å²) in [5.41, 5.74) is 3.61. The summed E-state index contributed by atoms with van der Waals surface area (Å²) in [6.07, 6.45) is 7.79. The molecule has 5 nitrogen and oxygen atoms in total. The average Bonchev–Trinajstić information content (AvgIpc) is 3.21. The van der Waals surface area contributed by atoms with Gasteiger partial charge in [-0.3, -0.25) is 4.79 Å². The quantitative estimate of drug-likeness (QED) is 0.433. The number of amides is 1. The number of imidazole rings is 1. The molecule has 0 saturated carbocycles. The number of ether oxygens (including phenoxy) is 1. The van der Waals surface area contributed by atoms with Crippen LogP contribution in [0.5, 0.6) is 5.75 Å². The highest BCUT2D eigenvalue weighted by molar-refractivity contribution is 5.91. The second kappa shape index (κ2) is 9.71. The molecule has 31 heavy (non-hydrogen) atoms. The SMILES string of the molecule is O=C(/C=C/c1ccc(OCc2cn3ccccc3n2)cc1)NCCc1ccc(F)cc1. The molecule has 0 bridgehead atoms. The molecule has 0 saturated heterocycles. The number of carbonyl (C=O) groups excluding carboxylic acids is 1. The van der Waals surface area contributed by atoms with Gasteiger partial charge in [0, 0.05) is 25.0 Å². The van der Waals surface area contributed by atoms with Gasteiger partial charge in [-0.25, -0.2) is 9.37 Å². The molecule has 0 spiro atoms. The molecular weight excluding hydrogens is 393 g/mol. The van der Waals surface area contributed by atoms with Gasteiger partial charge in [0.25, 0.3) is 0 Å². The highest BCUT2D eigenvalue weighted by Gasteiger charge is 2.02. The van der Waals surface area contributed by atoms with Gasteiger partial charge in [0.2, 0.25) is 5.91 Å². The molecule has 4 aromatic rings. The lowest BCUT2D eigenvalue weighted by atomic mass is 10.1. The number of rotatable bonds is 8. The highest BCUT2D eigenvalue weighted by atomic mass is 19.1. The maximum absolute atomic E-state index is 12.9. The number of aromatic nitrogens is 2. The van der Waals surface area contributed by atoms with E-state index >= 15 is 0 Å². The fourth-order valence-electron chi connectivity index (χ4n) is 3.10. The summed E-state index contributed by atoms with van der Waals surface area (Å²) in [5, 5.41) is 2.82. The van der Waals surface area contributed by atoms with Crippen LogP contribution in [0.25, 0.3) is 11.7 Å². The van der Waals surface area contributed by atoms with Crippen molar-refractivity contribution in [1.29, 1.82) is 0 Å². The summed E-state index contributed by atoms with van der Waals surface area (Å²) in [5.74, 6) is 0.301. The van der Waals surface area contributed by atoms with E-state index in [2.05, 4.69) is 10.3 Å². The minimum absolute atomic E-state index is 0.172. The van der Waals surface area contributed by atoms with Crippen molar-refractivity contribution >= 4 is 17.6 Å². The van der Waals surface area contributed by atoms with Crippen molar-refractivity contribution in [2.24, 2.45) is 0 Å². The summed E-state index contributed by atoms with van der Waals surface area (Å²) < 4.78 is 20.7. The summed E-state index contributed by atoms with van der Waals surface area (Å²) >= 11 is 0. The molecule has 4 rings (SSSR count). The molecule has 1 N–H and O–H groups in total. The van der Waals surface area contributed by atoms with Crippen LogP contribution < -0.4 is 10.1 Å². The number of halogens is 1. The maximum atomic E-state index is 12.9. The molecule has 0 aliphatic carbocycles. The van der Waals surface area contributed by atoms with Crippen LogP contribution in [0.15, 0.2) is 85.2 Å². The van der Waals surface area contributed by atoms with E-state index in [-0.39, 0.29) is 11.7 Å². The zero-order valence-corrected chi connectivity index (χ0v) is 16.9. The minimum atomic E-state index is -0.262. The number of nitrogens with zero attached hydrogens (tertiary/aromatic N) is 2. The fraction of sp³-hybridized carbons (Fsp3) is 0.120. The van der Waals surface area contributed by atoms with Crippen LogP contribution in [0.4, 0.5) is 4.39 Å². The second-order valence-corrected chi connectivity index (χ2v) is 7.06. The highest BCUT2D eigenvalue weighted by Crippen LogP contribution is 2.15. The van der Waals surface area contributed by atoms with Gasteiger partial charge < -0.3 is 14.5 Å². The summed E-state index contributed by atoms with van der Waals surface area (Å²) in [4.78, 5) is 16.5. The molecule has 0 fully saturated rings. The smallest absolute Gasteiger partial charge is 0.244 e. The summed E-state index contributed by atoms with van der Waals surface area (Å²) in [6, 6.07) is 19.6. The normalized spacial score (nSPS) is 11.1. The predicted octanol–water partition coefficient (Wildman–Crippen LogP) is 4.42. The third kappa shape index (κ3) is 5.79. The van der Waals surface area contributed by atoms with Crippen molar-refractivity contribution in [3.63, 3.8) is 0 Å². The Labute approximate surface area is 179 Å². The molecule has 2 aromatic carbocycles. The van der Waals surface area contributed by atoms with Gasteiger partial charge in [-0.1, -0.05) is 30.3 Å². The lowest BCUT2D eigenvalue weighted by Crippen LogP contribution is -2.23. The number of nitrogens with one attached hydrogen (secondary N) is 1. The second-order valence-electron chi connectivity index (χ2n) is 7.06. The number of fused-ring (bicyclic) bond motifs is 1. The van der Waals surface area contributed by atoms with E-state index in [1.165, 1.54) is 18.2 Å². The molecule has 1 amide bonds. The average molecular weight is 415 g/mol. The summed E-state index contributed by atoms with van der Waals surface area (Å²) in [6.45, 7) is 0.873. The number of benzene rings is 2. The van der Waals surface area contributed by atoms with E-state index in [1.54, 1.807) is 18.2 Å². The van der Waals surface area contributed by atoms with Crippen LogP contribution in [-0.4, -0.2) is 21.8 Å². The van der Waals surface area contributed by atoms with Crippen LogP contribution in [-0.2, 0) is 17.8 Å². The molecule has 0 unspecified atom stereocenters. The molecule has 2 aromatic heterocycles. The summed E-state index contributed by atoms with van der Waals surface area (Å²) in [7, 11) is 0. The van der Waals surface area contributed by atoms with Gasteiger partial charge in [0.15, 0.2) is 0 Å². The van der Waals surface area contributed by atoms with E-state index in [1.807, 2.05) is 59.3 Å². The Morgan fingerprint density at radius 3 is 2.65 bits per heavy atom. The number of pyridine rings is 1. The van der Waals surface area contributed by atoms with Crippen LogP contribution >= 0.6 is 0 Å². The standard InChI is InChI=1S/C25H22FN3O2/c26-21-9-4-20(5-10-21)14-15-27-25(30)13-8-19-6-11-23(12-7-19)31-18-22-17-29-16-2-1-3-24(29)28-22/h1-13,16-17H,14-15,18H2,(H,27,30)/b13-8+. The molecular formula is C25H22FN3O2. The Bertz CT molecular complexity index is 1150. The van der Waals surface area contributed by atoms with E-state index < -0.39 is 0 Å². The van der Waals surface area contributed by atoms with Gasteiger partial charge >= 0.3 is 0 Å². The Hall–Kier alpha value is -3.93. The first-order chi connectivity index (χ1) is 15.2. The van der Waals surface area contributed by atoms with Gasteiger partial charge in [0.05, 0.1) is 5.69 Å². The van der Waals surface area contributed by atoms with Crippen LogP contribution in [0.1, 0.15) is 16.8 Å². The molecule has 156 valence electrons. The number of hydrogen-bond acceptors (Lipinski definition) is 3. The number of carbonyl (C=O) groups is 1. The van der Waals surface area contributed by atoms with Crippen molar-refractivity contribution in [2.45, 2.75) is 13.0 Å². The van der Waals surface area contributed by atoms with Crippen molar-refractivity contribution in [2.75, 3.05) is 6.54 Å². The van der Waals surface area contributed by atoms with Crippen LogP contribution in [0, 0.1) is 5.82 Å². The van der Waals surface area contributed by atoms with E-state index in [0.29, 0.717) is 19.6 Å². The Morgan fingerprint density at radius 2 is 1.87 bits per heavy atom. The minimum Gasteiger partial charge on any atom is -0.487 e. The van der Waals surface area contributed by atoms with Gasteiger partial charge in [-0.2, -0.15) is 0 Å². The molecule has 0 aliphatic rings. The zero-order chi connectivity index (χ0) is 21.5. The van der Waals surface area contributed by atoms with Crippen molar-refractivity contribution < 1.29 is 13.9 Å². The molecule has 2 heterocycles. The first-order valence-corrected chi connectivity index (χ1v) is 10.0. The third-order valence-electron chi connectivity index (χ3n) is 4.73. The van der Waals surface area contributed by atoms with Crippen LogP contribution in [0.2, 0.25) is 0 Å². The van der Waals surface area contributed by atoms with Crippen molar-refractivity contribution in [1.82, 2.24) is 14.7 Å². The van der Waals surface area contributed by atoms with Crippen molar-refractivity contribution in [3.8, 4) is 5.75 Å². The zero-order valence-electron chi connectivity index (χ0n) is 16.9. The number of hydrogen-bond donors (Lipinski definition) is 1. The Balaban J connectivity index is 1.23. The Morgan fingerprint density at radius 1 is 1.06 bits per heavy atom. The van der Waals surface area contributed by atoms with E-state index in [0.717, 1.165) is 28.2 Å². The molecule has 0 aliphatic heterocycles. The van der Waals surface area contributed by atoms with E-state index in [9.17, 15) is 9.18 Å². The van der Waals surface area contributed by atoms with Gasteiger partial charge in [-0.05, 0) is 60.0 Å². The monoisotopic (exact) mass is 415 g/mol. The maximum Gasteiger partial charge on any atom is 0.244 e. The lowest BCUT2D eigenvalue weighted by Gasteiger charge is -2.04. The van der Waals surface area contributed by atoms with Crippen LogP contribution in [0.3, 0.4) is 0 Å².